The summed E-state index contributed by atoms with van der Waals surface area (Å²) in [5.41, 5.74) is 2.14. The first kappa shape index (κ1) is 14.7. The van der Waals surface area contributed by atoms with E-state index < -0.39 is 11.4 Å². The van der Waals surface area contributed by atoms with Gasteiger partial charge in [-0.05, 0) is 24.1 Å². The third kappa shape index (κ3) is 2.03. The van der Waals surface area contributed by atoms with Crippen LogP contribution in [-0.2, 0) is 10.2 Å². The van der Waals surface area contributed by atoms with Gasteiger partial charge in [0.15, 0.2) is 0 Å². The molecule has 1 aromatic heterocycles. The number of thiol groups is 1. The highest BCUT2D eigenvalue weighted by atomic mass is 32.1. The third-order valence-electron chi connectivity index (χ3n) is 4.26. The molecular formula is C18H17NO2S. The molecule has 3 rings (SSSR count). The summed E-state index contributed by atoms with van der Waals surface area (Å²) in [5.74, 6) is -0.719. The predicted molar refractivity (Wildman–Crippen MR) is 91.7 cm³/mol. The van der Waals surface area contributed by atoms with E-state index in [4.69, 9.17) is 0 Å². The van der Waals surface area contributed by atoms with Crippen molar-refractivity contribution in [1.82, 2.24) is 4.98 Å². The number of benzene rings is 2. The van der Waals surface area contributed by atoms with Gasteiger partial charge in [-0.15, -0.1) is 0 Å². The summed E-state index contributed by atoms with van der Waals surface area (Å²) in [4.78, 5) is 15.5. The number of rotatable bonds is 4. The van der Waals surface area contributed by atoms with Gasteiger partial charge in [0.2, 0.25) is 0 Å². The Morgan fingerprint density at radius 1 is 1.14 bits per heavy atom. The Bertz CT molecular complexity index is 825. The summed E-state index contributed by atoms with van der Waals surface area (Å²) >= 11 is 4.39. The Kier molecular flexibility index (Phi) is 3.71. The van der Waals surface area contributed by atoms with Crippen LogP contribution in [-0.4, -0.2) is 21.8 Å². The van der Waals surface area contributed by atoms with E-state index in [1.54, 1.807) is 0 Å². The van der Waals surface area contributed by atoms with Crippen LogP contribution in [0.2, 0.25) is 0 Å². The zero-order valence-corrected chi connectivity index (χ0v) is 13.1. The zero-order valence-electron chi connectivity index (χ0n) is 12.2. The van der Waals surface area contributed by atoms with Crippen molar-refractivity contribution in [3.8, 4) is 0 Å². The molecule has 0 bridgehead atoms. The number of para-hydroxylation sites is 1. The van der Waals surface area contributed by atoms with Gasteiger partial charge in [0.05, 0.1) is 0 Å². The standard InChI is InChI=1S/C18H17NO2S/c1-12-14-9-5-6-10-15(14)19-16(12)18(11-22,17(20)21)13-7-3-2-4-8-13/h2-10,19,22H,11H2,1H3,(H,20,21). The number of aryl methyl sites for hydroxylation is 1. The van der Waals surface area contributed by atoms with Gasteiger partial charge < -0.3 is 10.1 Å². The summed E-state index contributed by atoms with van der Waals surface area (Å²) in [6.45, 7) is 1.96. The van der Waals surface area contributed by atoms with Gasteiger partial charge in [0.1, 0.15) is 5.41 Å². The van der Waals surface area contributed by atoms with E-state index in [2.05, 4.69) is 17.6 Å². The lowest BCUT2D eigenvalue weighted by molar-refractivity contribution is -0.141. The quantitative estimate of drug-likeness (QED) is 0.642. The van der Waals surface area contributed by atoms with Gasteiger partial charge in [-0.3, -0.25) is 4.79 Å². The molecule has 1 unspecified atom stereocenters. The number of carboxylic acid groups (broad SMARTS) is 1. The van der Waals surface area contributed by atoms with Gasteiger partial charge in [-0.25, -0.2) is 0 Å². The Labute approximate surface area is 134 Å². The lowest BCUT2D eigenvalue weighted by Gasteiger charge is -2.28. The summed E-state index contributed by atoms with van der Waals surface area (Å²) in [5, 5.41) is 11.1. The van der Waals surface area contributed by atoms with Crippen molar-refractivity contribution in [2.24, 2.45) is 0 Å². The first-order valence-electron chi connectivity index (χ1n) is 7.09. The minimum atomic E-state index is -1.19. The van der Waals surface area contributed by atoms with Crippen LogP contribution < -0.4 is 0 Å². The Hall–Kier alpha value is -2.20. The van der Waals surface area contributed by atoms with Crippen molar-refractivity contribution in [3.05, 3.63) is 71.4 Å². The van der Waals surface area contributed by atoms with Crippen molar-refractivity contribution in [1.29, 1.82) is 0 Å². The molecule has 1 heterocycles. The van der Waals surface area contributed by atoms with E-state index in [1.807, 2.05) is 61.5 Å². The molecule has 4 heteroatoms. The smallest absolute Gasteiger partial charge is 0.321 e. The van der Waals surface area contributed by atoms with Crippen LogP contribution in [0.25, 0.3) is 10.9 Å². The monoisotopic (exact) mass is 311 g/mol. The maximum atomic E-state index is 12.2. The largest absolute Gasteiger partial charge is 0.480 e. The maximum absolute atomic E-state index is 12.2. The lowest BCUT2D eigenvalue weighted by atomic mass is 9.77. The molecule has 0 saturated carbocycles. The molecule has 0 amide bonds. The fourth-order valence-electron chi connectivity index (χ4n) is 3.04. The number of carbonyl (C=O) groups is 1. The summed E-state index contributed by atoms with van der Waals surface area (Å²) < 4.78 is 0. The Morgan fingerprint density at radius 2 is 1.77 bits per heavy atom. The van der Waals surface area contributed by atoms with E-state index in [1.165, 1.54) is 0 Å². The minimum absolute atomic E-state index is 0.181. The van der Waals surface area contributed by atoms with Crippen LogP contribution in [0, 0.1) is 6.92 Å². The van der Waals surface area contributed by atoms with Gasteiger partial charge >= 0.3 is 5.97 Å². The van der Waals surface area contributed by atoms with Crippen LogP contribution in [0.1, 0.15) is 16.8 Å². The topological polar surface area (TPSA) is 53.1 Å². The number of aliphatic carboxylic acids is 1. The maximum Gasteiger partial charge on any atom is 0.321 e. The molecule has 0 aliphatic carbocycles. The van der Waals surface area contributed by atoms with Crippen molar-refractivity contribution in [3.63, 3.8) is 0 Å². The van der Waals surface area contributed by atoms with E-state index >= 15 is 0 Å². The highest BCUT2D eigenvalue weighted by molar-refractivity contribution is 7.80. The lowest BCUT2D eigenvalue weighted by Crippen LogP contribution is -2.40. The molecule has 3 aromatic rings. The normalized spacial score (nSPS) is 13.9. The van der Waals surface area contributed by atoms with E-state index in [-0.39, 0.29) is 5.75 Å². The summed E-state index contributed by atoms with van der Waals surface area (Å²) in [7, 11) is 0. The second-order valence-electron chi connectivity index (χ2n) is 5.41. The molecule has 0 spiro atoms. The number of nitrogens with one attached hydrogen (secondary N) is 1. The fraction of sp³-hybridized carbons (Fsp3) is 0.167. The minimum Gasteiger partial charge on any atom is -0.480 e. The van der Waals surface area contributed by atoms with E-state index in [9.17, 15) is 9.90 Å². The number of fused-ring (bicyclic) bond motifs is 1. The molecule has 0 aliphatic heterocycles. The van der Waals surface area contributed by atoms with Crippen LogP contribution in [0.5, 0.6) is 0 Å². The average Bonchev–Trinajstić information content (AvgIpc) is 2.87. The van der Waals surface area contributed by atoms with Gasteiger partial charge in [-0.1, -0.05) is 48.5 Å². The number of hydrogen-bond acceptors (Lipinski definition) is 2. The first-order chi connectivity index (χ1) is 10.6. The highest BCUT2D eigenvalue weighted by Gasteiger charge is 2.43. The van der Waals surface area contributed by atoms with Crippen molar-refractivity contribution < 1.29 is 9.90 Å². The Morgan fingerprint density at radius 3 is 2.36 bits per heavy atom. The SMILES string of the molecule is Cc1c(C(CS)(C(=O)O)c2ccccc2)[nH]c2ccccc12. The Balaban J connectivity index is 2.34. The van der Waals surface area contributed by atoms with Gasteiger partial charge in [0.25, 0.3) is 0 Å². The van der Waals surface area contributed by atoms with Crippen LogP contribution in [0.4, 0.5) is 0 Å². The molecule has 112 valence electrons. The van der Waals surface area contributed by atoms with Crippen LogP contribution in [0.3, 0.4) is 0 Å². The predicted octanol–water partition coefficient (Wildman–Crippen LogP) is 3.78. The molecule has 1 atom stereocenters. The molecule has 22 heavy (non-hydrogen) atoms. The molecule has 0 radical (unpaired) electrons. The van der Waals surface area contributed by atoms with Crippen LogP contribution in [0.15, 0.2) is 54.6 Å². The number of aromatic nitrogens is 1. The van der Waals surface area contributed by atoms with Crippen molar-refractivity contribution in [2.75, 3.05) is 5.75 Å². The zero-order chi connectivity index (χ0) is 15.7. The highest BCUT2D eigenvalue weighted by Crippen LogP contribution is 2.38. The molecule has 0 aliphatic rings. The molecule has 0 saturated heterocycles. The molecule has 2 N–H and O–H groups in total. The van der Waals surface area contributed by atoms with E-state index in [0.717, 1.165) is 22.0 Å². The third-order valence-corrected chi connectivity index (χ3v) is 4.74. The first-order valence-corrected chi connectivity index (χ1v) is 7.72. The molecule has 0 fully saturated rings. The summed E-state index contributed by atoms with van der Waals surface area (Å²) in [6.07, 6.45) is 0. The molecule has 3 nitrogen and oxygen atoms in total. The summed E-state index contributed by atoms with van der Waals surface area (Å²) in [6, 6.07) is 17.1. The fourth-order valence-corrected chi connectivity index (χ4v) is 3.52. The second kappa shape index (κ2) is 5.54. The second-order valence-corrected chi connectivity index (χ2v) is 5.72. The van der Waals surface area contributed by atoms with Crippen LogP contribution >= 0.6 is 12.6 Å². The number of H-pyrrole nitrogens is 1. The molecule has 2 aromatic carbocycles. The van der Waals surface area contributed by atoms with Crippen molar-refractivity contribution >= 4 is 29.5 Å². The number of hydrogen-bond donors (Lipinski definition) is 3. The van der Waals surface area contributed by atoms with Crippen molar-refractivity contribution in [2.45, 2.75) is 12.3 Å². The average molecular weight is 311 g/mol. The number of aromatic amines is 1. The molecular weight excluding hydrogens is 294 g/mol. The van der Waals surface area contributed by atoms with Gasteiger partial charge in [-0.2, -0.15) is 12.6 Å². The number of carboxylic acids is 1. The van der Waals surface area contributed by atoms with Gasteiger partial charge in [0, 0.05) is 22.3 Å². The van der Waals surface area contributed by atoms with E-state index in [0.29, 0.717) is 5.69 Å².